The maximum absolute atomic E-state index is 5.93. The predicted octanol–water partition coefficient (Wildman–Crippen LogP) is 5.44. The van der Waals surface area contributed by atoms with Crippen LogP contribution in [0, 0.1) is 6.92 Å². The van der Waals surface area contributed by atoms with E-state index >= 15 is 0 Å². The largest absolute Gasteiger partial charge is 0.457 e. The molecule has 2 aliphatic heterocycles. The van der Waals surface area contributed by atoms with Crippen LogP contribution in [0.2, 0.25) is 0 Å². The zero-order chi connectivity index (χ0) is 22.1. The molecule has 1 fully saturated rings. The van der Waals surface area contributed by atoms with Crippen molar-refractivity contribution in [2.75, 3.05) is 32.1 Å². The molecular weight excluding hydrogens is 394 g/mol. The molecule has 1 saturated heterocycles. The van der Waals surface area contributed by atoms with Crippen molar-refractivity contribution in [2.45, 2.75) is 39.0 Å². The summed E-state index contributed by atoms with van der Waals surface area (Å²) >= 11 is 0. The molecule has 3 aromatic rings. The Morgan fingerprint density at radius 2 is 1.69 bits per heavy atom. The monoisotopic (exact) mass is 427 g/mol. The van der Waals surface area contributed by atoms with Gasteiger partial charge in [0, 0.05) is 44.5 Å². The van der Waals surface area contributed by atoms with Gasteiger partial charge >= 0.3 is 0 Å². The summed E-state index contributed by atoms with van der Waals surface area (Å²) in [5, 5.41) is 0. The van der Waals surface area contributed by atoms with Crippen molar-refractivity contribution in [3.63, 3.8) is 0 Å². The summed E-state index contributed by atoms with van der Waals surface area (Å²) in [4.78, 5) is 7.46. The quantitative estimate of drug-likeness (QED) is 0.521. The van der Waals surface area contributed by atoms with Crippen LogP contribution in [0.4, 0.5) is 5.69 Å². The van der Waals surface area contributed by atoms with E-state index in [1.807, 2.05) is 30.3 Å². The Morgan fingerprint density at radius 1 is 0.938 bits per heavy atom. The van der Waals surface area contributed by atoms with E-state index in [9.17, 15) is 0 Å². The summed E-state index contributed by atoms with van der Waals surface area (Å²) < 4.78 is 5.93. The molecule has 3 aromatic carbocycles. The number of fused-ring (bicyclic) bond motifs is 1. The fourth-order valence-corrected chi connectivity index (χ4v) is 5.00. The van der Waals surface area contributed by atoms with E-state index < -0.39 is 0 Å². The minimum Gasteiger partial charge on any atom is -0.457 e. The molecule has 0 amide bonds. The lowest BCUT2D eigenvalue weighted by Gasteiger charge is -2.23. The van der Waals surface area contributed by atoms with E-state index in [4.69, 9.17) is 4.74 Å². The Bertz CT molecular complexity index is 1060. The second-order valence-electron chi connectivity index (χ2n) is 9.46. The van der Waals surface area contributed by atoms with Crippen LogP contribution in [0.15, 0.2) is 66.7 Å². The number of benzene rings is 3. The van der Waals surface area contributed by atoms with E-state index in [0.717, 1.165) is 44.2 Å². The summed E-state index contributed by atoms with van der Waals surface area (Å²) in [5.41, 5.74) is 7.16. The topological polar surface area (TPSA) is 19.0 Å². The molecule has 5 rings (SSSR count). The molecule has 0 saturated carbocycles. The number of hydrogen-bond donors (Lipinski definition) is 0. The third-order valence-corrected chi connectivity index (χ3v) is 6.89. The predicted molar refractivity (Wildman–Crippen MR) is 131 cm³/mol. The van der Waals surface area contributed by atoms with E-state index in [0.29, 0.717) is 6.04 Å². The van der Waals surface area contributed by atoms with Crippen LogP contribution < -0.4 is 9.64 Å². The number of ether oxygens (including phenoxy) is 1. The molecule has 2 heterocycles. The Morgan fingerprint density at radius 3 is 2.41 bits per heavy atom. The molecule has 32 heavy (non-hydrogen) atoms. The molecule has 0 aromatic heterocycles. The molecule has 1 unspecified atom stereocenters. The molecule has 2 aliphatic rings. The zero-order valence-electron chi connectivity index (χ0n) is 19.4. The maximum Gasteiger partial charge on any atom is 0.127 e. The van der Waals surface area contributed by atoms with Crippen LogP contribution >= 0.6 is 0 Å². The van der Waals surface area contributed by atoms with Crippen LogP contribution in [0.5, 0.6) is 11.5 Å². The maximum atomic E-state index is 5.93. The van der Waals surface area contributed by atoms with Crippen molar-refractivity contribution < 1.29 is 4.74 Å². The molecule has 1 atom stereocenters. The Hall–Kier alpha value is -2.82. The van der Waals surface area contributed by atoms with E-state index in [2.05, 4.69) is 72.1 Å². The second-order valence-corrected chi connectivity index (χ2v) is 9.46. The van der Waals surface area contributed by atoms with Crippen molar-refractivity contribution in [1.82, 2.24) is 9.80 Å². The smallest absolute Gasteiger partial charge is 0.127 e. The molecule has 0 spiro atoms. The summed E-state index contributed by atoms with van der Waals surface area (Å²) in [7, 11) is 4.39. The van der Waals surface area contributed by atoms with Gasteiger partial charge in [0.1, 0.15) is 11.5 Å². The fraction of sp³-hybridized carbons (Fsp3) is 0.357. The SMILES string of the molecule is Cc1cc(N2CCC(N(C)C)C2)cc2c1CN(Cc1ccc(Oc3ccccc3)cc1)C2. The second kappa shape index (κ2) is 8.97. The first-order valence-electron chi connectivity index (χ1n) is 11.6. The molecule has 166 valence electrons. The van der Waals surface area contributed by atoms with Crippen LogP contribution in [0.3, 0.4) is 0 Å². The normalized spacial score (nSPS) is 18.4. The average molecular weight is 428 g/mol. The molecule has 4 heteroatoms. The highest BCUT2D eigenvalue weighted by Crippen LogP contribution is 2.33. The van der Waals surface area contributed by atoms with Gasteiger partial charge in [-0.2, -0.15) is 0 Å². The number of nitrogens with zero attached hydrogens (tertiary/aromatic N) is 3. The van der Waals surface area contributed by atoms with Gasteiger partial charge in [-0.1, -0.05) is 30.3 Å². The van der Waals surface area contributed by atoms with E-state index in [1.165, 1.54) is 34.4 Å². The molecule has 0 aliphatic carbocycles. The lowest BCUT2D eigenvalue weighted by Crippen LogP contribution is -2.31. The van der Waals surface area contributed by atoms with Gasteiger partial charge < -0.3 is 14.5 Å². The van der Waals surface area contributed by atoms with Crippen molar-refractivity contribution in [3.8, 4) is 11.5 Å². The number of rotatable bonds is 6. The molecule has 0 N–H and O–H groups in total. The molecule has 0 bridgehead atoms. The zero-order valence-corrected chi connectivity index (χ0v) is 19.4. The van der Waals surface area contributed by atoms with Gasteiger partial charge in [-0.25, -0.2) is 0 Å². The summed E-state index contributed by atoms with van der Waals surface area (Å²) in [5.74, 6) is 1.75. The molecule has 0 radical (unpaired) electrons. The van der Waals surface area contributed by atoms with Gasteiger partial charge in [-0.15, -0.1) is 0 Å². The van der Waals surface area contributed by atoms with Crippen molar-refractivity contribution >= 4 is 5.69 Å². The highest BCUT2D eigenvalue weighted by atomic mass is 16.5. The fourth-order valence-electron chi connectivity index (χ4n) is 5.00. The minimum absolute atomic E-state index is 0.661. The first kappa shape index (κ1) is 21.0. The number of para-hydroxylation sites is 1. The minimum atomic E-state index is 0.661. The number of likely N-dealkylation sites (N-methyl/N-ethyl adjacent to an activating group) is 1. The Labute approximate surface area is 192 Å². The lowest BCUT2D eigenvalue weighted by atomic mass is 10.0. The first-order chi connectivity index (χ1) is 15.5. The lowest BCUT2D eigenvalue weighted by molar-refractivity contribution is 0.275. The highest BCUT2D eigenvalue weighted by Gasteiger charge is 2.27. The third-order valence-electron chi connectivity index (χ3n) is 6.89. The van der Waals surface area contributed by atoms with Gasteiger partial charge in [0.05, 0.1) is 0 Å². The van der Waals surface area contributed by atoms with Gasteiger partial charge in [0.15, 0.2) is 0 Å². The van der Waals surface area contributed by atoms with Crippen molar-refractivity contribution in [1.29, 1.82) is 0 Å². The summed E-state index contributed by atoms with van der Waals surface area (Å²) in [6.07, 6.45) is 1.25. The van der Waals surface area contributed by atoms with Crippen molar-refractivity contribution in [3.05, 3.63) is 89.0 Å². The van der Waals surface area contributed by atoms with Crippen LogP contribution in [0.25, 0.3) is 0 Å². The first-order valence-corrected chi connectivity index (χ1v) is 11.6. The highest BCUT2D eigenvalue weighted by molar-refractivity contribution is 5.56. The number of anilines is 1. The Balaban J connectivity index is 1.23. The summed E-state index contributed by atoms with van der Waals surface area (Å²) in [6.45, 7) is 7.58. The Kier molecular flexibility index (Phi) is 5.90. The van der Waals surface area contributed by atoms with E-state index in [-0.39, 0.29) is 0 Å². The van der Waals surface area contributed by atoms with Crippen LogP contribution in [-0.4, -0.2) is 43.0 Å². The number of hydrogen-bond acceptors (Lipinski definition) is 4. The third kappa shape index (κ3) is 4.52. The van der Waals surface area contributed by atoms with E-state index in [1.54, 1.807) is 0 Å². The molecule has 4 nitrogen and oxygen atoms in total. The average Bonchev–Trinajstić information content (AvgIpc) is 3.43. The molecular formula is C28H33N3O. The van der Waals surface area contributed by atoms with Crippen LogP contribution in [0.1, 0.15) is 28.7 Å². The van der Waals surface area contributed by atoms with Crippen LogP contribution in [-0.2, 0) is 19.6 Å². The van der Waals surface area contributed by atoms with Gasteiger partial charge in [-0.3, -0.25) is 4.90 Å². The van der Waals surface area contributed by atoms with Crippen molar-refractivity contribution in [2.24, 2.45) is 0 Å². The number of aryl methyl sites for hydroxylation is 1. The van der Waals surface area contributed by atoms with Gasteiger partial charge in [-0.05, 0) is 86.1 Å². The standard InChI is InChI=1S/C28H33N3O/c1-21-15-25(31-14-13-24(19-31)29(2)3)16-23-18-30(20-28(21)23)17-22-9-11-27(12-10-22)32-26-7-5-4-6-8-26/h4-12,15-16,24H,13-14,17-20H2,1-3H3. The summed E-state index contributed by atoms with van der Waals surface area (Å²) in [6, 6.07) is 24.0. The van der Waals surface area contributed by atoms with Gasteiger partial charge in [0.25, 0.3) is 0 Å². The van der Waals surface area contributed by atoms with Gasteiger partial charge in [0.2, 0.25) is 0 Å².